The molecular weight excluding hydrogens is 791 g/mol. The largest absolute Gasteiger partial charge is 0.394 e. The van der Waals surface area contributed by atoms with Crippen LogP contribution in [0.2, 0.25) is 0 Å². The lowest BCUT2D eigenvalue weighted by Crippen LogP contribution is -2.60. The number of nitrogens with one attached hydrogen (secondary N) is 1. The number of unbranched alkanes of at least 4 members (excludes halogenated alkanes) is 28. The summed E-state index contributed by atoms with van der Waals surface area (Å²) in [4.78, 5) is 13.0. The highest BCUT2D eigenvalue weighted by Crippen LogP contribution is 2.23. The topological polar surface area (TPSA) is 149 Å². The maximum absolute atomic E-state index is 13.0. The second kappa shape index (κ2) is 44.0. The van der Waals surface area contributed by atoms with Gasteiger partial charge in [0.25, 0.3) is 0 Å². The number of hydrogen-bond acceptors (Lipinski definition) is 8. The Hall–Kier alpha value is -1.85. The van der Waals surface area contributed by atoms with Crippen molar-refractivity contribution >= 4 is 5.91 Å². The normalized spacial score (nSPS) is 20.5. The fourth-order valence-electron chi connectivity index (χ4n) is 8.14. The van der Waals surface area contributed by atoms with E-state index in [2.05, 4.69) is 55.6 Å². The van der Waals surface area contributed by atoms with E-state index >= 15 is 0 Å². The molecule has 0 aromatic rings. The van der Waals surface area contributed by atoms with E-state index in [4.69, 9.17) is 9.47 Å². The molecular formula is C54H99NO8. The van der Waals surface area contributed by atoms with Crippen LogP contribution in [0.25, 0.3) is 0 Å². The van der Waals surface area contributed by atoms with Crippen molar-refractivity contribution in [3.63, 3.8) is 0 Å². The van der Waals surface area contributed by atoms with Gasteiger partial charge in [0, 0.05) is 6.42 Å². The van der Waals surface area contributed by atoms with Gasteiger partial charge in [-0.05, 0) is 64.2 Å². The third kappa shape index (κ3) is 34.2. The molecule has 0 aliphatic carbocycles. The lowest BCUT2D eigenvalue weighted by Gasteiger charge is -2.40. The molecule has 9 heteroatoms. The predicted octanol–water partition coefficient (Wildman–Crippen LogP) is 12.2. The Kier molecular flexibility index (Phi) is 41.3. The molecule has 0 spiro atoms. The first-order valence-electron chi connectivity index (χ1n) is 26.4. The summed E-state index contributed by atoms with van der Waals surface area (Å²) in [6.07, 6.45) is 50.4. The minimum absolute atomic E-state index is 0.187. The molecule has 1 fully saturated rings. The van der Waals surface area contributed by atoms with Crippen molar-refractivity contribution in [2.24, 2.45) is 0 Å². The summed E-state index contributed by atoms with van der Waals surface area (Å²) in [6.45, 7) is 3.72. The summed E-state index contributed by atoms with van der Waals surface area (Å²) in [5, 5.41) is 54.2. The molecule has 0 aromatic heterocycles. The summed E-state index contributed by atoms with van der Waals surface area (Å²) in [5.41, 5.74) is 0. The molecule has 368 valence electrons. The molecule has 1 saturated heterocycles. The summed E-state index contributed by atoms with van der Waals surface area (Å²) < 4.78 is 11.2. The minimum Gasteiger partial charge on any atom is -0.394 e. The van der Waals surface area contributed by atoms with Crippen LogP contribution in [0.1, 0.15) is 232 Å². The molecule has 9 nitrogen and oxygen atoms in total. The molecule has 0 aromatic carbocycles. The van der Waals surface area contributed by atoms with Crippen molar-refractivity contribution in [2.45, 2.75) is 275 Å². The van der Waals surface area contributed by atoms with Gasteiger partial charge in [-0.25, -0.2) is 0 Å². The highest BCUT2D eigenvalue weighted by atomic mass is 16.7. The number of amides is 1. The minimum atomic E-state index is -1.57. The van der Waals surface area contributed by atoms with Gasteiger partial charge in [0.2, 0.25) is 5.91 Å². The summed E-state index contributed by atoms with van der Waals surface area (Å²) >= 11 is 0. The van der Waals surface area contributed by atoms with E-state index in [9.17, 15) is 30.3 Å². The van der Waals surface area contributed by atoms with E-state index in [-0.39, 0.29) is 12.5 Å². The average molecular weight is 890 g/mol. The molecule has 1 rings (SSSR count). The Bertz CT molecular complexity index is 1130. The lowest BCUT2D eigenvalue weighted by molar-refractivity contribution is -0.302. The third-order valence-electron chi connectivity index (χ3n) is 12.4. The van der Waals surface area contributed by atoms with Crippen molar-refractivity contribution < 1.29 is 39.8 Å². The van der Waals surface area contributed by atoms with Crippen LogP contribution >= 0.6 is 0 Å². The van der Waals surface area contributed by atoms with Crippen molar-refractivity contribution in [3.05, 3.63) is 48.6 Å². The first-order valence-corrected chi connectivity index (χ1v) is 26.4. The number of carbonyl (C=O) groups excluding carboxylic acids is 1. The van der Waals surface area contributed by atoms with Gasteiger partial charge < -0.3 is 40.3 Å². The molecule has 1 aliphatic rings. The van der Waals surface area contributed by atoms with E-state index in [1.165, 1.54) is 167 Å². The van der Waals surface area contributed by atoms with E-state index in [0.717, 1.165) is 44.9 Å². The van der Waals surface area contributed by atoms with Gasteiger partial charge in [0.15, 0.2) is 6.29 Å². The van der Waals surface area contributed by atoms with Gasteiger partial charge in [-0.2, -0.15) is 0 Å². The van der Waals surface area contributed by atoms with Crippen LogP contribution in [0, 0.1) is 0 Å². The maximum Gasteiger partial charge on any atom is 0.220 e. The second-order valence-electron chi connectivity index (χ2n) is 18.3. The van der Waals surface area contributed by atoms with E-state index in [1.54, 1.807) is 6.08 Å². The maximum atomic E-state index is 13.0. The van der Waals surface area contributed by atoms with E-state index < -0.39 is 49.5 Å². The number of allylic oxidation sites excluding steroid dienone is 7. The van der Waals surface area contributed by atoms with Crippen molar-refractivity contribution in [2.75, 3.05) is 13.2 Å². The average Bonchev–Trinajstić information content (AvgIpc) is 3.28. The van der Waals surface area contributed by atoms with Crippen LogP contribution in [0.3, 0.4) is 0 Å². The van der Waals surface area contributed by atoms with Crippen LogP contribution in [0.15, 0.2) is 48.6 Å². The molecule has 7 atom stereocenters. The zero-order valence-electron chi connectivity index (χ0n) is 40.6. The zero-order chi connectivity index (χ0) is 45.9. The number of aliphatic hydroxyl groups excluding tert-OH is 5. The fourth-order valence-corrected chi connectivity index (χ4v) is 8.14. The standard InChI is InChI=1S/C54H99NO8/c1-3-5-7-9-11-13-15-16-17-18-19-20-21-22-23-24-25-26-27-28-29-30-31-32-34-36-38-40-42-44-50(58)55-47(46-62-54-53(61)52(60)51(59)49(45-56)63-54)48(57)43-41-39-37-35-33-14-12-10-8-6-4-2/h15-16,18-19,33,35,41,43,47-49,51-54,56-57,59-61H,3-14,17,20-32,34,36-40,42,44-46H2,1-2H3,(H,55,58)/b16-15-,19-18-,35-33+,43-41+. The SMILES string of the molecule is CCCCCCC/C=C\C/C=C\CCCCCCCCCCCCCCCCCCCC(=O)NC(COC1OC(CO)C(O)C(O)C1O)C(O)/C=C/CC/C=C/CCCCCCC. The van der Waals surface area contributed by atoms with Crippen molar-refractivity contribution in [3.8, 4) is 0 Å². The Morgan fingerprint density at radius 2 is 0.952 bits per heavy atom. The number of carbonyl (C=O) groups is 1. The van der Waals surface area contributed by atoms with Gasteiger partial charge in [-0.1, -0.05) is 210 Å². The molecule has 6 N–H and O–H groups in total. The Labute approximate surface area is 386 Å². The Morgan fingerprint density at radius 3 is 1.43 bits per heavy atom. The van der Waals surface area contributed by atoms with E-state index in [1.807, 2.05) is 6.08 Å². The number of ether oxygens (including phenoxy) is 2. The highest BCUT2D eigenvalue weighted by molar-refractivity contribution is 5.76. The predicted molar refractivity (Wildman–Crippen MR) is 263 cm³/mol. The van der Waals surface area contributed by atoms with Gasteiger partial charge in [0.05, 0.1) is 25.4 Å². The van der Waals surface area contributed by atoms with Gasteiger partial charge in [-0.3, -0.25) is 4.79 Å². The van der Waals surface area contributed by atoms with Gasteiger partial charge in [0.1, 0.15) is 24.4 Å². The Morgan fingerprint density at radius 1 is 0.540 bits per heavy atom. The zero-order valence-corrected chi connectivity index (χ0v) is 40.6. The quantitative estimate of drug-likeness (QED) is 0.0262. The Balaban J connectivity index is 2.16. The van der Waals surface area contributed by atoms with Crippen LogP contribution < -0.4 is 5.32 Å². The van der Waals surface area contributed by atoms with Crippen molar-refractivity contribution in [1.82, 2.24) is 5.32 Å². The molecule has 1 heterocycles. The van der Waals surface area contributed by atoms with Crippen LogP contribution in [0.5, 0.6) is 0 Å². The molecule has 1 aliphatic heterocycles. The molecule has 0 bridgehead atoms. The molecule has 1 amide bonds. The van der Waals surface area contributed by atoms with Gasteiger partial charge in [-0.15, -0.1) is 0 Å². The molecule has 0 saturated carbocycles. The van der Waals surface area contributed by atoms with Crippen LogP contribution in [-0.2, 0) is 14.3 Å². The first-order chi connectivity index (χ1) is 30.8. The molecule has 63 heavy (non-hydrogen) atoms. The summed E-state index contributed by atoms with van der Waals surface area (Å²) in [7, 11) is 0. The van der Waals surface area contributed by atoms with Crippen molar-refractivity contribution in [1.29, 1.82) is 0 Å². The van der Waals surface area contributed by atoms with Crippen LogP contribution in [-0.4, -0.2) is 87.5 Å². The number of rotatable bonds is 44. The monoisotopic (exact) mass is 890 g/mol. The first kappa shape index (κ1) is 59.2. The molecule has 7 unspecified atom stereocenters. The molecule has 0 radical (unpaired) electrons. The third-order valence-corrected chi connectivity index (χ3v) is 12.4. The number of aliphatic hydroxyl groups is 5. The summed E-state index contributed by atoms with van der Waals surface area (Å²) in [5.74, 6) is -0.187. The van der Waals surface area contributed by atoms with Gasteiger partial charge >= 0.3 is 0 Å². The summed E-state index contributed by atoms with van der Waals surface area (Å²) in [6, 6.07) is -0.819. The fraction of sp³-hybridized carbons (Fsp3) is 0.833. The van der Waals surface area contributed by atoms with E-state index in [0.29, 0.717) is 6.42 Å². The number of hydrogen-bond donors (Lipinski definition) is 6. The van der Waals surface area contributed by atoms with Crippen LogP contribution in [0.4, 0.5) is 0 Å². The second-order valence-corrected chi connectivity index (χ2v) is 18.3. The highest BCUT2D eigenvalue weighted by Gasteiger charge is 2.44. The smallest absolute Gasteiger partial charge is 0.220 e. The lowest BCUT2D eigenvalue weighted by atomic mass is 9.99.